The Morgan fingerprint density at radius 1 is 1.12 bits per heavy atom. The maximum absolute atomic E-state index is 13.7. The van der Waals surface area contributed by atoms with Crippen molar-refractivity contribution in [2.75, 3.05) is 14.1 Å². The van der Waals surface area contributed by atoms with Gasteiger partial charge < -0.3 is 36.4 Å². The summed E-state index contributed by atoms with van der Waals surface area (Å²) >= 11 is 0. The highest BCUT2D eigenvalue weighted by Crippen LogP contribution is 2.57. The van der Waals surface area contributed by atoms with Crippen LogP contribution in [0, 0.1) is 11.8 Å². The molecule has 0 spiro atoms. The van der Waals surface area contributed by atoms with Crippen LogP contribution in [-0.4, -0.2) is 84.9 Å². The Morgan fingerprint density at radius 2 is 1.73 bits per heavy atom. The van der Waals surface area contributed by atoms with E-state index >= 15 is 0 Å². The summed E-state index contributed by atoms with van der Waals surface area (Å²) in [6.07, 6.45) is -1.87. The van der Waals surface area contributed by atoms with Crippen molar-refractivity contribution >= 4 is 23.2 Å². The molecule has 176 valence electrons. The lowest BCUT2D eigenvalue weighted by Gasteiger charge is -2.55. The predicted molar refractivity (Wildman–Crippen MR) is 112 cm³/mol. The molecule has 3 aliphatic carbocycles. The van der Waals surface area contributed by atoms with Gasteiger partial charge in [0.1, 0.15) is 22.8 Å². The van der Waals surface area contributed by atoms with Crippen molar-refractivity contribution in [2.24, 2.45) is 17.6 Å². The number of amides is 1. The number of carbonyl (C=O) groups is 3. The summed E-state index contributed by atoms with van der Waals surface area (Å²) in [6, 6.07) is 2.50. The van der Waals surface area contributed by atoms with Gasteiger partial charge in [0.25, 0.3) is 5.91 Å². The van der Waals surface area contributed by atoms with Gasteiger partial charge in [-0.3, -0.25) is 19.3 Å². The number of nitrogens with zero attached hydrogens (tertiary/aromatic N) is 1. The number of nitrogens with two attached hydrogens (primary N) is 1. The number of benzene rings is 1. The van der Waals surface area contributed by atoms with E-state index in [4.69, 9.17) is 5.73 Å². The number of primary amides is 1. The van der Waals surface area contributed by atoms with Crippen LogP contribution in [0.1, 0.15) is 18.1 Å². The molecule has 1 unspecified atom stereocenters. The van der Waals surface area contributed by atoms with Crippen LogP contribution in [0.3, 0.4) is 0 Å². The van der Waals surface area contributed by atoms with E-state index in [9.17, 15) is 45.0 Å². The van der Waals surface area contributed by atoms with Crippen molar-refractivity contribution in [3.05, 3.63) is 46.2 Å². The van der Waals surface area contributed by atoms with Gasteiger partial charge in [-0.15, -0.1) is 0 Å². The molecule has 33 heavy (non-hydrogen) atoms. The number of rotatable bonds is 2. The van der Waals surface area contributed by atoms with Gasteiger partial charge in [0.2, 0.25) is 5.78 Å². The minimum atomic E-state index is -3.02. The van der Waals surface area contributed by atoms with Gasteiger partial charge in [-0.1, -0.05) is 12.1 Å². The number of hydrogen-bond donors (Lipinski definition) is 7. The number of hydrogen-bond acceptors (Lipinski definition) is 10. The number of Topliss-reactive ketones (excluding diaryl/α,β-unsaturated/α-hetero) is 2. The maximum atomic E-state index is 13.7. The van der Waals surface area contributed by atoms with Gasteiger partial charge in [-0.05, 0) is 32.6 Å². The second kappa shape index (κ2) is 6.87. The Hall–Kier alpha value is -3.25. The first-order valence-corrected chi connectivity index (χ1v) is 10.1. The fraction of sp³-hybridized carbons (Fsp3) is 0.409. The molecule has 11 heteroatoms. The fourth-order valence-corrected chi connectivity index (χ4v) is 5.60. The molecule has 6 atom stereocenters. The van der Waals surface area contributed by atoms with Crippen LogP contribution in [0.5, 0.6) is 5.75 Å². The predicted octanol–water partition coefficient (Wildman–Crippen LogP) is -1.40. The second-order valence-electron chi connectivity index (χ2n) is 9.06. The van der Waals surface area contributed by atoms with Gasteiger partial charge in [0.15, 0.2) is 11.4 Å². The first kappa shape index (κ1) is 22.9. The quantitative estimate of drug-likeness (QED) is 0.257. The summed E-state index contributed by atoms with van der Waals surface area (Å²) in [6.45, 7) is 1.25. The van der Waals surface area contributed by atoms with Crippen molar-refractivity contribution in [1.29, 1.82) is 0 Å². The van der Waals surface area contributed by atoms with Crippen LogP contribution in [0.25, 0.3) is 5.76 Å². The zero-order valence-electron chi connectivity index (χ0n) is 18.0. The molecule has 1 fully saturated rings. The highest BCUT2D eigenvalue weighted by molar-refractivity contribution is 6.24. The van der Waals surface area contributed by atoms with Gasteiger partial charge >= 0.3 is 0 Å². The Morgan fingerprint density at radius 3 is 2.27 bits per heavy atom. The van der Waals surface area contributed by atoms with Crippen LogP contribution in [-0.2, 0) is 20.0 Å². The summed E-state index contributed by atoms with van der Waals surface area (Å²) in [7, 11) is 2.80. The van der Waals surface area contributed by atoms with E-state index < -0.39 is 81.1 Å². The molecule has 3 aliphatic rings. The average molecular weight is 460 g/mol. The Labute approximate surface area is 187 Å². The van der Waals surface area contributed by atoms with E-state index in [2.05, 4.69) is 0 Å². The van der Waals surface area contributed by atoms with Crippen LogP contribution in [0.15, 0.2) is 35.1 Å². The lowest BCUT2D eigenvalue weighted by Crippen LogP contribution is -2.71. The first-order chi connectivity index (χ1) is 15.2. The van der Waals surface area contributed by atoms with Crippen molar-refractivity contribution in [1.82, 2.24) is 4.90 Å². The zero-order valence-corrected chi connectivity index (χ0v) is 18.0. The minimum absolute atomic E-state index is 0.00664. The van der Waals surface area contributed by atoms with E-state index in [0.717, 1.165) is 0 Å². The van der Waals surface area contributed by atoms with Gasteiger partial charge in [-0.2, -0.15) is 0 Å². The number of likely N-dealkylation sites (N-methyl/N-ethyl adjacent to an activating group) is 1. The van der Waals surface area contributed by atoms with Gasteiger partial charge in [0, 0.05) is 0 Å². The third kappa shape index (κ3) is 2.61. The summed E-state index contributed by atoms with van der Waals surface area (Å²) in [5.74, 6) is -9.67. The molecule has 1 saturated carbocycles. The molecule has 1 aromatic rings. The molecule has 0 radical (unpaired) electrons. The molecule has 1 amide bonds. The number of carbonyl (C=O) groups excluding carboxylic acids is 3. The maximum Gasteiger partial charge on any atom is 0.255 e. The largest absolute Gasteiger partial charge is 0.508 e. The summed E-state index contributed by atoms with van der Waals surface area (Å²) in [4.78, 5) is 39.9. The van der Waals surface area contributed by atoms with Crippen LogP contribution in [0.4, 0.5) is 0 Å². The van der Waals surface area contributed by atoms with Crippen molar-refractivity contribution in [2.45, 2.75) is 30.3 Å². The normalized spacial score (nSPS) is 36.0. The van der Waals surface area contributed by atoms with E-state index in [1.54, 1.807) is 0 Å². The third-order valence-electron chi connectivity index (χ3n) is 7.03. The number of aliphatic hydroxyl groups is 5. The minimum Gasteiger partial charge on any atom is -0.508 e. The SMILES string of the molecule is CN(C)C1C(=O)C(C(N)=O)=C(O)[C@@]2(O)C(=O)C3=C(O)c4c(O)cccc4[C@@](C)(O)[C@@H]3[C@H](O)[C@@H]12. The van der Waals surface area contributed by atoms with Gasteiger partial charge in [0.05, 0.1) is 40.7 Å². The topological polar surface area (TPSA) is 202 Å². The molecule has 4 rings (SSSR count). The number of phenolic OH excluding ortho intramolecular Hbond substituents is 1. The van der Waals surface area contributed by atoms with E-state index in [1.165, 1.54) is 44.1 Å². The first-order valence-electron chi connectivity index (χ1n) is 10.1. The lowest BCUT2D eigenvalue weighted by molar-refractivity contribution is -0.181. The molecule has 1 aromatic carbocycles. The molecule has 11 nitrogen and oxygen atoms in total. The zero-order chi connectivity index (χ0) is 24.8. The second-order valence-corrected chi connectivity index (χ2v) is 9.06. The molecule has 0 saturated heterocycles. The van der Waals surface area contributed by atoms with Crippen LogP contribution in [0.2, 0.25) is 0 Å². The number of ketones is 2. The summed E-state index contributed by atoms with van der Waals surface area (Å²) in [5.41, 5.74) is -1.78. The molecule has 8 N–H and O–H groups in total. The van der Waals surface area contributed by atoms with Crippen molar-refractivity contribution in [3.8, 4) is 5.75 Å². The molecular weight excluding hydrogens is 436 g/mol. The number of aliphatic hydroxyl groups excluding tert-OH is 3. The Kier molecular flexibility index (Phi) is 4.78. The molecule has 0 aromatic heterocycles. The summed E-state index contributed by atoms with van der Waals surface area (Å²) in [5, 5.41) is 66.3. The van der Waals surface area contributed by atoms with E-state index in [1.807, 2.05) is 0 Å². The highest BCUT2D eigenvalue weighted by atomic mass is 16.4. The van der Waals surface area contributed by atoms with E-state index in [0.29, 0.717) is 0 Å². The molecule has 0 bridgehead atoms. The van der Waals surface area contributed by atoms with Crippen LogP contribution < -0.4 is 5.73 Å². The molecule has 0 heterocycles. The third-order valence-corrected chi connectivity index (χ3v) is 7.03. The Bertz CT molecular complexity index is 1180. The molecular formula is C22H24N2O9. The number of fused-ring (bicyclic) bond motifs is 3. The highest BCUT2D eigenvalue weighted by Gasteiger charge is 2.70. The monoisotopic (exact) mass is 460 g/mol. The molecule has 0 aliphatic heterocycles. The smallest absolute Gasteiger partial charge is 0.255 e. The standard InChI is InChI=1S/C22H24N2O9/c1-21(32)7-5-4-6-8(25)9(7)15(26)10-12(21)17(28)13-14(24(2)3)16(27)11(20(23)31)19(30)22(13,33)18(10)29/h4-6,12-14,17,25-26,28,30,32-33H,1-3H3,(H2,23,31)/t12-,13+,14?,17-,21+,22-/m0/s1. The number of aromatic hydroxyl groups is 1. The van der Waals surface area contributed by atoms with Crippen molar-refractivity contribution in [3.63, 3.8) is 0 Å². The average Bonchev–Trinajstić information content (AvgIpc) is 2.70. The van der Waals surface area contributed by atoms with Crippen LogP contribution >= 0.6 is 0 Å². The number of phenols is 1. The lowest BCUT2D eigenvalue weighted by atomic mass is 9.53. The summed E-state index contributed by atoms with van der Waals surface area (Å²) < 4.78 is 0. The van der Waals surface area contributed by atoms with Crippen molar-refractivity contribution < 1.29 is 45.0 Å². The van der Waals surface area contributed by atoms with E-state index in [-0.39, 0.29) is 11.1 Å². The van der Waals surface area contributed by atoms with Gasteiger partial charge in [-0.25, -0.2) is 0 Å². The fourth-order valence-electron chi connectivity index (χ4n) is 5.60. The Balaban J connectivity index is 2.11.